The lowest BCUT2D eigenvalue weighted by molar-refractivity contribution is -0.108. The molecule has 2 atom stereocenters. The predicted octanol–water partition coefficient (Wildman–Crippen LogP) is 4.49. The summed E-state index contributed by atoms with van der Waals surface area (Å²) >= 11 is 1.55. The van der Waals surface area contributed by atoms with E-state index in [0.29, 0.717) is 13.2 Å². The zero-order valence-corrected chi connectivity index (χ0v) is 15.5. The zero-order valence-electron chi connectivity index (χ0n) is 14.7. The summed E-state index contributed by atoms with van der Waals surface area (Å²) in [5.74, 6) is 0. The number of thiophene rings is 1. The van der Waals surface area contributed by atoms with Crippen molar-refractivity contribution in [3.8, 4) is 0 Å². The second-order valence-corrected chi connectivity index (χ2v) is 8.65. The predicted molar refractivity (Wildman–Crippen MR) is 93.6 cm³/mol. The molecular formula is C18H24N2O3S. The van der Waals surface area contributed by atoms with Gasteiger partial charge in [0.25, 0.3) is 0 Å². The summed E-state index contributed by atoms with van der Waals surface area (Å²) in [7, 11) is 0. The maximum absolute atomic E-state index is 12.4. The van der Waals surface area contributed by atoms with Gasteiger partial charge >= 0.3 is 6.09 Å². The fourth-order valence-electron chi connectivity index (χ4n) is 3.60. The highest BCUT2D eigenvalue weighted by atomic mass is 32.1. The van der Waals surface area contributed by atoms with Gasteiger partial charge in [0.2, 0.25) is 5.00 Å². The van der Waals surface area contributed by atoms with Gasteiger partial charge in [0.1, 0.15) is 11.2 Å². The summed E-state index contributed by atoms with van der Waals surface area (Å²) in [4.78, 5) is 19.0. The Bertz CT molecular complexity index is 685. The van der Waals surface area contributed by atoms with Crippen LogP contribution in [0.5, 0.6) is 0 Å². The molecule has 2 aliphatic heterocycles. The van der Waals surface area contributed by atoms with Gasteiger partial charge in [-0.15, -0.1) is 0 Å². The minimum atomic E-state index is -0.487. The summed E-state index contributed by atoms with van der Waals surface area (Å²) in [5, 5.41) is 0.729. The van der Waals surface area contributed by atoms with E-state index in [0.717, 1.165) is 24.3 Å². The van der Waals surface area contributed by atoms with Crippen LogP contribution in [-0.4, -0.2) is 35.8 Å². The van der Waals surface area contributed by atoms with Crippen LogP contribution >= 0.6 is 11.3 Å². The summed E-state index contributed by atoms with van der Waals surface area (Å²) in [5.41, 5.74) is 0.410. The fourth-order valence-corrected chi connectivity index (χ4v) is 4.78. The molecule has 1 amide bonds. The number of rotatable bonds is 0. The average molecular weight is 348 g/mol. The molecule has 2 aliphatic rings. The first-order valence-electron chi connectivity index (χ1n) is 8.38. The molecule has 0 bridgehead atoms. The van der Waals surface area contributed by atoms with Crippen LogP contribution in [0.3, 0.4) is 0 Å². The number of nitrogens with zero attached hydrogens (tertiary/aromatic N) is 2. The van der Waals surface area contributed by atoms with E-state index in [9.17, 15) is 4.79 Å². The lowest BCUT2D eigenvalue weighted by Gasteiger charge is -2.47. The number of amides is 1. The first kappa shape index (κ1) is 17.2. The molecule has 0 saturated carbocycles. The summed E-state index contributed by atoms with van der Waals surface area (Å²) in [6.45, 7) is 16.3. The van der Waals surface area contributed by atoms with Crippen molar-refractivity contribution in [2.75, 3.05) is 13.2 Å². The van der Waals surface area contributed by atoms with E-state index in [1.54, 1.807) is 16.2 Å². The van der Waals surface area contributed by atoms with Crippen LogP contribution in [0.2, 0.25) is 0 Å². The van der Waals surface area contributed by atoms with Crippen molar-refractivity contribution in [3.05, 3.63) is 27.9 Å². The first-order chi connectivity index (χ1) is 11.2. The molecule has 3 heterocycles. The number of fused-ring (bicyclic) bond motifs is 2. The van der Waals surface area contributed by atoms with Crippen molar-refractivity contribution in [3.63, 3.8) is 0 Å². The molecule has 1 spiro atoms. The lowest BCUT2D eigenvalue weighted by atomic mass is 9.82. The number of piperidine rings is 1. The molecular weight excluding hydrogens is 324 g/mol. The van der Waals surface area contributed by atoms with Gasteiger partial charge < -0.3 is 14.4 Å². The minimum absolute atomic E-state index is 0.0399. The van der Waals surface area contributed by atoms with E-state index in [-0.39, 0.29) is 17.7 Å². The van der Waals surface area contributed by atoms with Gasteiger partial charge in [-0.25, -0.2) is 9.64 Å². The number of carbonyl (C=O) groups excluding carboxylic acids is 1. The largest absolute Gasteiger partial charge is 0.444 e. The molecule has 0 N–H and O–H groups in total. The van der Waals surface area contributed by atoms with Crippen molar-refractivity contribution in [2.45, 2.75) is 64.2 Å². The van der Waals surface area contributed by atoms with Crippen molar-refractivity contribution < 1.29 is 14.3 Å². The number of hydrogen-bond acceptors (Lipinski definition) is 4. The van der Waals surface area contributed by atoms with E-state index in [1.165, 1.54) is 10.4 Å². The van der Waals surface area contributed by atoms with Crippen molar-refractivity contribution >= 4 is 22.4 Å². The molecule has 1 aromatic heterocycles. The number of hydrogen-bond donors (Lipinski definition) is 0. The molecule has 1 aromatic rings. The topological polar surface area (TPSA) is 43.1 Å². The van der Waals surface area contributed by atoms with Gasteiger partial charge in [-0.2, -0.15) is 11.3 Å². The van der Waals surface area contributed by atoms with Gasteiger partial charge in [0.05, 0.1) is 13.2 Å². The molecule has 1 saturated heterocycles. The third kappa shape index (κ3) is 3.15. The maximum Gasteiger partial charge on any atom is 0.410 e. The maximum atomic E-state index is 12.4. The molecule has 0 aromatic carbocycles. The van der Waals surface area contributed by atoms with Gasteiger partial charge in [0.15, 0.2) is 0 Å². The van der Waals surface area contributed by atoms with E-state index in [1.807, 2.05) is 33.8 Å². The SMILES string of the molecule is [C-]#[N+]c1cc2c(s1)[C@]1(CCN(C(=O)OC(C)(C)C)[C@@H](C)C1)OCC2. The molecule has 0 radical (unpaired) electrons. The lowest BCUT2D eigenvalue weighted by Crippen LogP contribution is -2.53. The van der Waals surface area contributed by atoms with Crippen molar-refractivity contribution in [2.24, 2.45) is 0 Å². The van der Waals surface area contributed by atoms with Crippen LogP contribution in [0.1, 0.15) is 51.0 Å². The quantitative estimate of drug-likeness (QED) is 0.649. The van der Waals surface area contributed by atoms with Crippen molar-refractivity contribution in [1.29, 1.82) is 0 Å². The normalized spacial score (nSPS) is 26.8. The molecule has 3 rings (SSSR count). The number of likely N-dealkylation sites (tertiary alicyclic amines) is 1. The van der Waals surface area contributed by atoms with Gasteiger partial charge in [0, 0.05) is 23.9 Å². The van der Waals surface area contributed by atoms with Gasteiger partial charge in [-0.05, 0) is 52.2 Å². The highest BCUT2D eigenvalue weighted by Gasteiger charge is 2.46. The van der Waals surface area contributed by atoms with Crippen LogP contribution in [-0.2, 0) is 21.5 Å². The zero-order chi connectivity index (χ0) is 17.5. The fraction of sp³-hybridized carbons (Fsp3) is 0.667. The Balaban J connectivity index is 1.80. The first-order valence-corrected chi connectivity index (χ1v) is 9.20. The van der Waals surface area contributed by atoms with E-state index < -0.39 is 5.60 Å². The molecule has 1 fully saturated rings. The Labute approximate surface area is 147 Å². The molecule has 5 nitrogen and oxygen atoms in total. The highest BCUT2D eigenvalue weighted by Crippen LogP contribution is 2.48. The summed E-state index contributed by atoms with van der Waals surface area (Å²) < 4.78 is 11.7. The van der Waals surface area contributed by atoms with Crippen LogP contribution < -0.4 is 0 Å². The standard InChI is InChI=1S/C18H24N2O3S/c1-12-11-18(7-8-20(12)16(21)23-17(2,3)4)15-13(6-9-22-18)10-14(19-5)24-15/h10,12H,6-9,11H2,1-4H3/t12-,18+/m0/s1. The van der Waals surface area contributed by atoms with Crippen molar-refractivity contribution in [1.82, 2.24) is 4.90 Å². The second-order valence-electron chi connectivity index (χ2n) is 7.62. The molecule has 0 unspecified atom stereocenters. The molecule has 24 heavy (non-hydrogen) atoms. The van der Waals surface area contributed by atoms with Crippen LogP contribution in [0.15, 0.2) is 6.07 Å². The summed E-state index contributed by atoms with van der Waals surface area (Å²) in [6, 6.07) is 2.04. The Kier molecular flexibility index (Phi) is 4.35. The number of ether oxygens (including phenoxy) is 2. The van der Waals surface area contributed by atoms with E-state index in [2.05, 4.69) is 4.85 Å². The van der Waals surface area contributed by atoms with E-state index >= 15 is 0 Å². The van der Waals surface area contributed by atoms with Crippen LogP contribution in [0.4, 0.5) is 9.80 Å². The smallest absolute Gasteiger partial charge is 0.410 e. The molecule has 130 valence electrons. The third-order valence-electron chi connectivity index (χ3n) is 4.61. The molecule has 6 heteroatoms. The molecule has 0 aliphatic carbocycles. The Morgan fingerprint density at radius 3 is 2.92 bits per heavy atom. The second kappa shape index (κ2) is 6.05. The number of carbonyl (C=O) groups is 1. The van der Waals surface area contributed by atoms with Crippen LogP contribution in [0, 0.1) is 6.57 Å². The highest BCUT2D eigenvalue weighted by molar-refractivity contribution is 7.16. The minimum Gasteiger partial charge on any atom is -0.444 e. The van der Waals surface area contributed by atoms with Gasteiger partial charge in [-0.1, -0.05) is 0 Å². The average Bonchev–Trinajstić information content (AvgIpc) is 2.90. The monoisotopic (exact) mass is 348 g/mol. The Morgan fingerprint density at radius 2 is 2.29 bits per heavy atom. The van der Waals surface area contributed by atoms with Crippen LogP contribution in [0.25, 0.3) is 4.85 Å². The third-order valence-corrected chi connectivity index (χ3v) is 5.87. The Morgan fingerprint density at radius 1 is 1.54 bits per heavy atom. The van der Waals surface area contributed by atoms with Gasteiger partial charge in [-0.3, -0.25) is 0 Å². The summed E-state index contributed by atoms with van der Waals surface area (Å²) in [6.07, 6.45) is 2.11. The Hall–Kier alpha value is -1.58. The van der Waals surface area contributed by atoms with E-state index in [4.69, 9.17) is 16.0 Å².